The smallest absolute Gasteiger partial charge is 0.160 e. The van der Waals surface area contributed by atoms with Crippen LogP contribution in [0.3, 0.4) is 0 Å². The van der Waals surface area contributed by atoms with Crippen molar-refractivity contribution in [1.29, 1.82) is 0 Å². The van der Waals surface area contributed by atoms with Gasteiger partial charge < -0.3 is 0 Å². The fourth-order valence-electron chi connectivity index (χ4n) is 0.752. The quantitative estimate of drug-likeness (QED) is 0.576. The zero-order valence-corrected chi connectivity index (χ0v) is 7.58. The molecule has 1 rings (SSSR count). The molecule has 0 amide bonds. The Morgan fingerprint density at radius 2 is 2.45 bits per heavy atom. The van der Waals surface area contributed by atoms with Crippen LogP contribution in [0.2, 0.25) is 0 Å². The molecule has 2 N–H and O–H groups in total. The van der Waals surface area contributed by atoms with Crippen molar-refractivity contribution in [3.63, 3.8) is 0 Å². The first-order valence-corrected chi connectivity index (χ1v) is 5.09. The lowest BCUT2D eigenvalue weighted by atomic mass is 10.4. The maximum atomic E-state index is 10.3. The van der Waals surface area contributed by atoms with E-state index in [-0.39, 0.29) is 0 Å². The van der Waals surface area contributed by atoms with Gasteiger partial charge in [-0.3, -0.25) is 9.93 Å². The van der Waals surface area contributed by atoms with Gasteiger partial charge in [-0.05, 0) is 18.6 Å². The summed E-state index contributed by atoms with van der Waals surface area (Å²) in [4.78, 5) is 12.3. The molecule has 0 aliphatic rings. The second kappa shape index (κ2) is 4.54. The molecule has 0 bridgehead atoms. The SMILES string of the molecule is NSCCc1ccc(C=O)s1. The maximum Gasteiger partial charge on any atom is 0.160 e. The van der Waals surface area contributed by atoms with Gasteiger partial charge in [0.05, 0.1) is 4.88 Å². The second-order valence-corrected chi connectivity index (χ2v) is 3.98. The van der Waals surface area contributed by atoms with Gasteiger partial charge in [-0.25, -0.2) is 0 Å². The minimum Gasteiger partial charge on any atom is -0.297 e. The van der Waals surface area contributed by atoms with Gasteiger partial charge in [-0.15, -0.1) is 11.3 Å². The predicted molar refractivity (Wildman–Crippen MR) is 50.1 cm³/mol. The zero-order chi connectivity index (χ0) is 8.10. The van der Waals surface area contributed by atoms with Gasteiger partial charge >= 0.3 is 0 Å². The van der Waals surface area contributed by atoms with Crippen molar-refractivity contribution in [3.8, 4) is 0 Å². The first-order chi connectivity index (χ1) is 5.36. The lowest BCUT2D eigenvalue weighted by molar-refractivity contribution is 0.112. The van der Waals surface area contributed by atoms with Crippen LogP contribution < -0.4 is 5.14 Å². The van der Waals surface area contributed by atoms with Crippen molar-refractivity contribution < 1.29 is 4.79 Å². The number of carbonyl (C=O) groups excluding carboxylic acids is 1. The third kappa shape index (κ3) is 2.65. The number of hydrogen-bond donors (Lipinski definition) is 1. The highest BCUT2D eigenvalue weighted by molar-refractivity contribution is 7.97. The molecule has 0 saturated heterocycles. The Labute approximate surface area is 73.9 Å². The summed E-state index contributed by atoms with van der Waals surface area (Å²) in [6, 6.07) is 3.82. The highest BCUT2D eigenvalue weighted by Crippen LogP contribution is 2.15. The van der Waals surface area contributed by atoms with Crippen molar-refractivity contribution in [2.45, 2.75) is 6.42 Å². The number of aldehydes is 1. The minimum atomic E-state index is 0.794. The summed E-state index contributed by atoms with van der Waals surface area (Å²) in [7, 11) is 0. The van der Waals surface area contributed by atoms with Crippen LogP contribution in [-0.4, -0.2) is 12.0 Å². The van der Waals surface area contributed by atoms with E-state index in [4.69, 9.17) is 5.14 Å². The molecule has 0 fully saturated rings. The standard InChI is InChI=1S/C7H9NOS2/c8-10-4-3-6-1-2-7(5-9)11-6/h1-2,5H,3-4,8H2. The number of nitrogens with two attached hydrogens (primary N) is 1. The first kappa shape index (κ1) is 8.77. The Morgan fingerprint density at radius 3 is 3.00 bits per heavy atom. The summed E-state index contributed by atoms with van der Waals surface area (Å²) in [5.74, 6) is 0.915. The van der Waals surface area contributed by atoms with Crippen LogP contribution in [0, 0.1) is 0 Å². The molecular formula is C7H9NOS2. The Hall–Kier alpha value is -0.320. The Bertz CT molecular complexity index is 234. The minimum absolute atomic E-state index is 0.794. The van der Waals surface area contributed by atoms with Crippen LogP contribution in [0.4, 0.5) is 0 Å². The molecule has 2 nitrogen and oxygen atoms in total. The Kier molecular flexibility index (Phi) is 3.62. The van der Waals surface area contributed by atoms with Crippen molar-refractivity contribution in [2.24, 2.45) is 5.14 Å². The van der Waals surface area contributed by atoms with E-state index >= 15 is 0 Å². The van der Waals surface area contributed by atoms with Gasteiger partial charge in [-0.2, -0.15) is 0 Å². The van der Waals surface area contributed by atoms with Gasteiger partial charge in [-0.1, -0.05) is 11.9 Å². The van der Waals surface area contributed by atoms with Crippen LogP contribution in [0.25, 0.3) is 0 Å². The summed E-state index contributed by atoms with van der Waals surface area (Å²) in [5, 5.41) is 5.27. The van der Waals surface area contributed by atoms with Gasteiger partial charge in [0.25, 0.3) is 0 Å². The molecule has 1 aromatic heterocycles. The molecule has 60 valence electrons. The van der Waals surface area contributed by atoms with Crippen molar-refractivity contribution in [3.05, 3.63) is 21.9 Å². The summed E-state index contributed by atoms with van der Waals surface area (Å²) in [6.45, 7) is 0. The molecule has 0 aliphatic carbocycles. The van der Waals surface area contributed by atoms with E-state index in [1.807, 2.05) is 12.1 Å². The monoisotopic (exact) mass is 187 g/mol. The molecular weight excluding hydrogens is 178 g/mol. The number of carbonyl (C=O) groups is 1. The van der Waals surface area contributed by atoms with Crippen LogP contribution >= 0.6 is 23.3 Å². The largest absolute Gasteiger partial charge is 0.297 e. The molecule has 1 heterocycles. The number of rotatable bonds is 4. The van der Waals surface area contributed by atoms with E-state index in [1.54, 1.807) is 0 Å². The predicted octanol–water partition coefficient (Wildman–Crippen LogP) is 1.71. The van der Waals surface area contributed by atoms with E-state index in [0.717, 1.165) is 23.3 Å². The van der Waals surface area contributed by atoms with E-state index in [1.165, 1.54) is 28.2 Å². The summed E-state index contributed by atoms with van der Waals surface area (Å²) < 4.78 is 0. The molecule has 0 aromatic carbocycles. The maximum absolute atomic E-state index is 10.3. The first-order valence-electron chi connectivity index (χ1n) is 3.22. The van der Waals surface area contributed by atoms with Gasteiger partial charge in [0.1, 0.15) is 0 Å². The lowest BCUT2D eigenvalue weighted by Gasteiger charge is -1.90. The molecule has 0 radical (unpaired) electrons. The number of hydrogen-bond acceptors (Lipinski definition) is 4. The third-order valence-electron chi connectivity index (χ3n) is 1.26. The zero-order valence-electron chi connectivity index (χ0n) is 5.95. The Morgan fingerprint density at radius 1 is 1.64 bits per heavy atom. The average Bonchev–Trinajstić information content (AvgIpc) is 2.48. The highest BCUT2D eigenvalue weighted by atomic mass is 32.2. The highest BCUT2D eigenvalue weighted by Gasteiger charge is 1.97. The molecule has 11 heavy (non-hydrogen) atoms. The van der Waals surface area contributed by atoms with Crippen LogP contribution in [-0.2, 0) is 6.42 Å². The van der Waals surface area contributed by atoms with Crippen molar-refractivity contribution in [2.75, 3.05) is 5.75 Å². The van der Waals surface area contributed by atoms with Gasteiger partial charge in [0, 0.05) is 10.6 Å². The molecule has 0 unspecified atom stereocenters. The topological polar surface area (TPSA) is 43.1 Å². The van der Waals surface area contributed by atoms with Gasteiger partial charge in [0.2, 0.25) is 0 Å². The summed E-state index contributed by atoms with van der Waals surface area (Å²) >= 11 is 2.87. The average molecular weight is 187 g/mol. The van der Waals surface area contributed by atoms with Crippen molar-refractivity contribution in [1.82, 2.24) is 0 Å². The van der Waals surface area contributed by atoms with E-state index in [0.29, 0.717) is 0 Å². The molecule has 4 heteroatoms. The molecule has 0 aliphatic heterocycles. The molecule has 0 atom stereocenters. The normalized spacial score (nSPS) is 9.91. The van der Waals surface area contributed by atoms with Crippen molar-refractivity contribution >= 4 is 29.6 Å². The third-order valence-corrected chi connectivity index (χ3v) is 2.78. The lowest BCUT2D eigenvalue weighted by Crippen LogP contribution is -1.87. The number of thiophene rings is 1. The van der Waals surface area contributed by atoms with Gasteiger partial charge in [0.15, 0.2) is 6.29 Å². The van der Waals surface area contributed by atoms with E-state index < -0.39 is 0 Å². The second-order valence-electron chi connectivity index (χ2n) is 2.04. The molecule has 0 saturated carbocycles. The van der Waals surface area contributed by atoms with Crippen LogP contribution in [0.1, 0.15) is 14.5 Å². The summed E-state index contributed by atoms with van der Waals surface area (Å²) in [5.41, 5.74) is 0. The Balaban J connectivity index is 2.51. The molecule has 1 aromatic rings. The molecule has 0 spiro atoms. The summed E-state index contributed by atoms with van der Waals surface area (Å²) in [6.07, 6.45) is 1.84. The number of aryl methyl sites for hydroxylation is 1. The van der Waals surface area contributed by atoms with Crippen LogP contribution in [0.15, 0.2) is 12.1 Å². The van der Waals surface area contributed by atoms with E-state index in [9.17, 15) is 4.79 Å². The van der Waals surface area contributed by atoms with Crippen LogP contribution in [0.5, 0.6) is 0 Å². The fraction of sp³-hybridized carbons (Fsp3) is 0.286. The van der Waals surface area contributed by atoms with E-state index in [2.05, 4.69) is 0 Å². The fourth-order valence-corrected chi connectivity index (χ4v) is 2.05.